The summed E-state index contributed by atoms with van der Waals surface area (Å²) in [4.78, 5) is 45.0. The van der Waals surface area contributed by atoms with Gasteiger partial charge in [-0.25, -0.2) is 9.88 Å². The maximum absolute atomic E-state index is 12.7. The summed E-state index contributed by atoms with van der Waals surface area (Å²) >= 11 is 1.52. The fraction of sp³-hybridized carbons (Fsp3) is 0.182. The predicted octanol–water partition coefficient (Wildman–Crippen LogP) is 4.07. The van der Waals surface area contributed by atoms with Gasteiger partial charge in [0.05, 0.1) is 22.5 Å². The van der Waals surface area contributed by atoms with Crippen LogP contribution < -0.4 is 10.2 Å². The predicted molar refractivity (Wildman–Crippen MR) is 111 cm³/mol. The molecule has 144 valence electrons. The van der Waals surface area contributed by atoms with Gasteiger partial charge in [0.2, 0.25) is 0 Å². The molecular weight excluding hydrogens is 386 g/mol. The molecule has 0 saturated carbocycles. The van der Waals surface area contributed by atoms with Crippen LogP contribution in [0.15, 0.2) is 48.5 Å². The van der Waals surface area contributed by atoms with Crippen molar-refractivity contribution >= 4 is 39.9 Å². The van der Waals surface area contributed by atoms with Crippen molar-refractivity contribution in [2.75, 3.05) is 10.2 Å². The minimum atomic E-state index is -0.379. The molecule has 1 aliphatic carbocycles. The summed E-state index contributed by atoms with van der Waals surface area (Å²) in [5.74, 6) is -1.07. The molecule has 1 aliphatic heterocycles. The highest BCUT2D eigenvalue weighted by molar-refractivity contribution is 7.15. The SMILES string of the molecule is O=C(Nc1nc2c(s1)CCCC2)c1cccc(N2C(=O)c3ccccc3C2=O)c1. The van der Waals surface area contributed by atoms with Crippen LogP contribution in [0, 0.1) is 0 Å². The Balaban J connectivity index is 1.40. The summed E-state index contributed by atoms with van der Waals surface area (Å²) in [6.45, 7) is 0. The van der Waals surface area contributed by atoms with Crippen LogP contribution in [0.2, 0.25) is 0 Å². The number of nitrogens with zero attached hydrogens (tertiary/aromatic N) is 2. The molecule has 1 N–H and O–H groups in total. The van der Waals surface area contributed by atoms with E-state index in [-0.39, 0.29) is 17.7 Å². The number of fused-ring (bicyclic) bond motifs is 2. The highest BCUT2D eigenvalue weighted by Crippen LogP contribution is 2.31. The average molecular weight is 403 g/mol. The van der Waals surface area contributed by atoms with Crippen molar-refractivity contribution in [3.8, 4) is 0 Å². The Morgan fingerprint density at radius 1 is 0.966 bits per heavy atom. The Morgan fingerprint density at radius 3 is 2.41 bits per heavy atom. The maximum atomic E-state index is 12.7. The first-order valence-electron chi connectivity index (χ1n) is 9.49. The molecule has 0 radical (unpaired) electrons. The first-order valence-corrected chi connectivity index (χ1v) is 10.3. The molecule has 3 aromatic rings. The number of rotatable bonds is 3. The number of hydrogen-bond donors (Lipinski definition) is 1. The van der Waals surface area contributed by atoms with Crippen molar-refractivity contribution < 1.29 is 14.4 Å². The van der Waals surface area contributed by atoms with E-state index in [0.717, 1.165) is 36.3 Å². The van der Waals surface area contributed by atoms with Crippen LogP contribution >= 0.6 is 11.3 Å². The van der Waals surface area contributed by atoms with Gasteiger partial charge in [0, 0.05) is 10.4 Å². The Morgan fingerprint density at radius 2 is 1.69 bits per heavy atom. The average Bonchev–Trinajstić information content (AvgIpc) is 3.26. The lowest BCUT2D eigenvalue weighted by molar-refractivity contribution is 0.0924. The molecule has 7 heteroatoms. The van der Waals surface area contributed by atoms with Gasteiger partial charge in [0.25, 0.3) is 17.7 Å². The van der Waals surface area contributed by atoms with Crippen LogP contribution in [-0.4, -0.2) is 22.7 Å². The third-order valence-corrected chi connectivity index (χ3v) is 6.30. The standard InChI is InChI=1S/C22H17N3O3S/c26-19(24-22-23-17-10-3-4-11-18(17)29-22)13-6-5-7-14(12-13)25-20(27)15-8-1-2-9-16(15)21(25)28/h1-2,5-9,12H,3-4,10-11H2,(H,23,24,26). The molecule has 0 fully saturated rings. The zero-order chi connectivity index (χ0) is 20.0. The number of amides is 3. The number of aryl methyl sites for hydroxylation is 2. The van der Waals surface area contributed by atoms with Crippen molar-refractivity contribution in [1.29, 1.82) is 0 Å². The van der Waals surface area contributed by atoms with Gasteiger partial charge in [-0.3, -0.25) is 19.7 Å². The minimum absolute atomic E-state index is 0.311. The molecule has 29 heavy (non-hydrogen) atoms. The summed E-state index contributed by atoms with van der Waals surface area (Å²) < 4.78 is 0. The largest absolute Gasteiger partial charge is 0.298 e. The number of carbonyl (C=O) groups excluding carboxylic acids is 3. The number of anilines is 2. The Kier molecular flexibility index (Phi) is 4.24. The second kappa shape index (κ2) is 6.93. The van der Waals surface area contributed by atoms with Gasteiger partial charge >= 0.3 is 0 Å². The monoisotopic (exact) mass is 403 g/mol. The first kappa shape index (κ1) is 17.8. The van der Waals surface area contributed by atoms with Gasteiger partial charge in [-0.05, 0) is 56.0 Å². The summed E-state index contributed by atoms with van der Waals surface area (Å²) in [7, 11) is 0. The van der Waals surface area contributed by atoms with E-state index in [9.17, 15) is 14.4 Å². The summed E-state index contributed by atoms with van der Waals surface area (Å²) in [6, 6.07) is 13.3. The van der Waals surface area contributed by atoms with E-state index in [1.54, 1.807) is 48.5 Å². The van der Waals surface area contributed by atoms with Gasteiger partial charge in [-0.2, -0.15) is 0 Å². The highest BCUT2D eigenvalue weighted by atomic mass is 32.1. The highest BCUT2D eigenvalue weighted by Gasteiger charge is 2.36. The Bertz CT molecular complexity index is 1110. The molecule has 0 spiro atoms. The van der Waals surface area contributed by atoms with Crippen LogP contribution in [0.25, 0.3) is 0 Å². The smallest absolute Gasteiger partial charge is 0.266 e. The second-order valence-corrected chi connectivity index (χ2v) is 8.18. The first-order chi connectivity index (χ1) is 14.1. The molecule has 2 aliphatic rings. The van der Waals surface area contributed by atoms with Gasteiger partial charge in [-0.15, -0.1) is 11.3 Å². The van der Waals surface area contributed by atoms with Crippen molar-refractivity contribution in [1.82, 2.24) is 4.98 Å². The van der Waals surface area contributed by atoms with Crippen molar-refractivity contribution in [2.24, 2.45) is 0 Å². The van der Waals surface area contributed by atoms with Gasteiger partial charge < -0.3 is 0 Å². The third kappa shape index (κ3) is 3.03. The zero-order valence-electron chi connectivity index (χ0n) is 15.5. The van der Waals surface area contributed by atoms with E-state index in [1.807, 2.05) is 0 Å². The number of nitrogens with one attached hydrogen (secondary N) is 1. The molecule has 3 amide bonds. The van der Waals surface area contributed by atoms with E-state index >= 15 is 0 Å². The molecule has 0 unspecified atom stereocenters. The third-order valence-electron chi connectivity index (χ3n) is 5.23. The number of aromatic nitrogens is 1. The van der Waals surface area contributed by atoms with Crippen molar-refractivity contribution in [3.63, 3.8) is 0 Å². The summed E-state index contributed by atoms with van der Waals surface area (Å²) in [5.41, 5.74) is 2.58. The molecule has 0 bridgehead atoms. The zero-order valence-corrected chi connectivity index (χ0v) is 16.3. The molecule has 2 heterocycles. The second-order valence-electron chi connectivity index (χ2n) is 7.09. The number of carbonyl (C=O) groups is 3. The number of thiazole rings is 1. The molecule has 5 rings (SSSR count). The molecule has 0 saturated heterocycles. The van der Waals surface area contributed by atoms with Crippen LogP contribution in [0.1, 0.15) is 54.5 Å². The van der Waals surface area contributed by atoms with Crippen LogP contribution in [0.4, 0.5) is 10.8 Å². The molecule has 1 aromatic heterocycles. The Labute approximate surface area is 171 Å². The van der Waals surface area contributed by atoms with Crippen LogP contribution in [0.3, 0.4) is 0 Å². The maximum Gasteiger partial charge on any atom is 0.266 e. The Hall–Kier alpha value is -3.32. The van der Waals surface area contributed by atoms with E-state index in [4.69, 9.17) is 0 Å². The normalized spacial score (nSPS) is 15.2. The number of hydrogen-bond acceptors (Lipinski definition) is 5. The van der Waals surface area contributed by atoms with E-state index in [1.165, 1.54) is 16.2 Å². The lowest BCUT2D eigenvalue weighted by atomic mass is 10.0. The van der Waals surface area contributed by atoms with Gasteiger partial charge in [-0.1, -0.05) is 18.2 Å². The summed E-state index contributed by atoms with van der Waals surface area (Å²) in [6.07, 6.45) is 4.26. The quantitative estimate of drug-likeness (QED) is 0.669. The lowest BCUT2D eigenvalue weighted by Gasteiger charge is -2.14. The van der Waals surface area contributed by atoms with Gasteiger partial charge in [0.1, 0.15) is 0 Å². The summed E-state index contributed by atoms with van der Waals surface area (Å²) in [5, 5.41) is 3.44. The van der Waals surface area contributed by atoms with Crippen molar-refractivity contribution in [2.45, 2.75) is 25.7 Å². The van der Waals surface area contributed by atoms with E-state index in [0.29, 0.717) is 27.5 Å². The number of benzene rings is 2. The topological polar surface area (TPSA) is 79.4 Å². The molecule has 0 atom stereocenters. The number of imide groups is 1. The van der Waals surface area contributed by atoms with E-state index < -0.39 is 0 Å². The van der Waals surface area contributed by atoms with Gasteiger partial charge in [0.15, 0.2) is 5.13 Å². The molecule has 6 nitrogen and oxygen atoms in total. The molecular formula is C22H17N3O3S. The minimum Gasteiger partial charge on any atom is -0.298 e. The lowest BCUT2D eigenvalue weighted by Crippen LogP contribution is -2.29. The fourth-order valence-corrected chi connectivity index (χ4v) is 4.83. The van der Waals surface area contributed by atoms with E-state index in [2.05, 4.69) is 10.3 Å². The fourth-order valence-electron chi connectivity index (χ4n) is 3.78. The van der Waals surface area contributed by atoms with Crippen molar-refractivity contribution in [3.05, 3.63) is 75.8 Å². The van der Waals surface area contributed by atoms with Crippen LogP contribution in [0.5, 0.6) is 0 Å². The van der Waals surface area contributed by atoms with Crippen LogP contribution in [-0.2, 0) is 12.8 Å². The molecule has 2 aromatic carbocycles.